The zero-order valence-electron chi connectivity index (χ0n) is 14.2. The predicted octanol–water partition coefficient (Wildman–Crippen LogP) is 4.06. The first kappa shape index (κ1) is 16.4. The third-order valence-electron chi connectivity index (χ3n) is 3.94. The van der Waals surface area contributed by atoms with Gasteiger partial charge in [0.1, 0.15) is 10.7 Å². The fraction of sp³-hybridized carbons (Fsp3) is 0.158. The van der Waals surface area contributed by atoms with Gasteiger partial charge in [0.2, 0.25) is 5.13 Å². The van der Waals surface area contributed by atoms with Crippen molar-refractivity contribution in [3.8, 4) is 11.3 Å². The number of nitrogens with zero attached hydrogens (tertiary/aromatic N) is 4. The Bertz CT molecular complexity index is 1050. The second-order valence-electron chi connectivity index (χ2n) is 5.88. The molecule has 1 aromatic carbocycles. The summed E-state index contributed by atoms with van der Waals surface area (Å²) in [6.45, 7) is 2.09. The van der Waals surface area contributed by atoms with E-state index in [4.69, 9.17) is 0 Å². The van der Waals surface area contributed by atoms with Crippen LogP contribution in [-0.2, 0) is 6.42 Å². The largest absolute Gasteiger partial charge is 0.306 e. The summed E-state index contributed by atoms with van der Waals surface area (Å²) in [6, 6.07) is 13.5. The van der Waals surface area contributed by atoms with Crippen LogP contribution in [0.5, 0.6) is 0 Å². The van der Waals surface area contributed by atoms with Crippen molar-refractivity contribution in [3.05, 3.63) is 65.4 Å². The Morgan fingerprint density at radius 3 is 2.85 bits per heavy atom. The molecule has 0 aliphatic heterocycles. The molecule has 3 aromatic heterocycles. The number of hydrogen-bond donors (Lipinski definition) is 1. The standard InChI is InChI=1S/C19H17N5OS/c1-2-6-17-22-23-19(26-17)21-18(25)14-9-10-24-12-15(20-16(24)11-14)13-7-4-3-5-8-13/h3-5,7-12H,2,6H2,1H3,(H,21,23,25). The highest BCUT2D eigenvalue weighted by Gasteiger charge is 2.12. The molecular formula is C19H17N5OS. The number of amides is 1. The number of hydrogen-bond acceptors (Lipinski definition) is 5. The molecule has 0 saturated heterocycles. The van der Waals surface area contributed by atoms with Crippen molar-refractivity contribution < 1.29 is 4.79 Å². The maximum absolute atomic E-state index is 12.5. The van der Waals surface area contributed by atoms with E-state index in [0.717, 1.165) is 34.8 Å². The molecule has 0 fully saturated rings. The molecule has 7 heteroatoms. The van der Waals surface area contributed by atoms with E-state index >= 15 is 0 Å². The Morgan fingerprint density at radius 1 is 1.19 bits per heavy atom. The molecule has 0 spiro atoms. The average Bonchev–Trinajstić information content (AvgIpc) is 3.28. The van der Waals surface area contributed by atoms with Crippen LogP contribution in [0.1, 0.15) is 28.7 Å². The Balaban J connectivity index is 1.57. The zero-order valence-corrected chi connectivity index (χ0v) is 15.0. The van der Waals surface area contributed by atoms with Crippen LogP contribution in [0, 0.1) is 0 Å². The number of imidazole rings is 1. The van der Waals surface area contributed by atoms with Gasteiger partial charge in [-0.05, 0) is 18.6 Å². The van der Waals surface area contributed by atoms with E-state index in [1.807, 2.05) is 47.1 Å². The lowest BCUT2D eigenvalue weighted by atomic mass is 10.2. The third kappa shape index (κ3) is 3.34. The van der Waals surface area contributed by atoms with Crippen LogP contribution < -0.4 is 5.32 Å². The van der Waals surface area contributed by atoms with Gasteiger partial charge in [-0.15, -0.1) is 10.2 Å². The molecule has 1 N–H and O–H groups in total. The number of aryl methyl sites for hydroxylation is 1. The molecule has 0 aliphatic carbocycles. The number of carbonyl (C=O) groups is 1. The first-order valence-electron chi connectivity index (χ1n) is 8.41. The van der Waals surface area contributed by atoms with Crippen molar-refractivity contribution in [2.75, 3.05) is 5.32 Å². The number of rotatable bonds is 5. The molecule has 0 atom stereocenters. The zero-order chi connectivity index (χ0) is 17.9. The quantitative estimate of drug-likeness (QED) is 0.580. The van der Waals surface area contributed by atoms with Gasteiger partial charge in [0.25, 0.3) is 5.91 Å². The van der Waals surface area contributed by atoms with Gasteiger partial charge in [0.15, 0.2) is 0 Å². The Hall–Kier alpha value is -3.06. The summed E-state index contributed by atoms with van der Waals surface area (Å²) in [7, 11) is 0. The number of pyridine rings is 1. The summed E-state index contributed by atoms with van der Waals surface area (Å²) in [6.07, 6.45) is 5.67. The van der Waals surface area contributed by atoms with Crippen LogP contribution in [-0.4, -0.2) is 25.5 Å². The summed E-state index contributed by atoms with van der Waals surface area (Å²) < 4.78 is 1.91. The summed E-state index contributed by atoms with van der Waals surface area (Å²) >= 11 is 1.41. The Labute approximate surface area is 154 Å². The molecule has 0 aliphatic rings. The number of carbonyl (C=O) groups excluding carboxylic acids is 1. The van der Waals surface area contributed by atoms with Gasteiger partial charge >= 0.3 is 0 Å². The normalized spacial score (nSPS) is 11.0. The van der Waals surface area contributed by atoms with Gasteiger partial charge in [-0.2, -0.15) is 0 Å². The van der Waals surface area contributed by atoms with Gasteiger partial charge in [0, 0.05) is 29.9 Å². The minimum absolute atomic E-state index is 0.212. The van der Waals surface area contributed by atoms with Crippen LogP contribution in [0.15, 0.2) is 54.9 Å². The number of benzene rings is 1. The van der Waals surface area contributed by atoms with E-state index in [0.29, 0.717) is 10.7 Å². The summed E-state index contributed by atoms with van der Waals surface area (Å²) in [4.78, 5) is 17.1. The van der Waals surface area contributed by atoms with E-state index in [2.05, 4.69) is 27.4 Å². The fourth-order valence-electron chi connectivity index (χ4n) is 2.66. The molecular weight excluding hydrogens is 346 g/mol. The minimum Gasteiger partial charge on any atom is -0.306 e. The molecule has 4 aromatic rings. The van der Waals surface area contributed by atoms with Crippen LogP contribution in [0.2, 0.25) is 0 Å². The van der Waals surface area contributed by atoms with Crippen molar-refractivity contribution in [3.63, 3.8) is 0 Å². The first-order valence-corrected chi connectivity index (χ1v) is 9.22. The lowest BCUT2D eigenvalue weighted by Crippen LogP contribution is -2.12. The van der Waals surface area contributed by atoms with Crippen LogP contribution in [0.25, 0.3) is 16.9 Å². The van der Waals surface area contributed by atoms with E-state index in [1.54, 1.807) is 12.1 Å². The lowest BCUT2D eigenvalue weighted by Gasteiger charge is -2.01. The minimum atomic E-state index is -0.212. The van der Waals surface area contributed by atoms with Crippen molar-refractivity contribution in [1.29, 1.82) is 0 Å². The Kier molecular flexibility index (Phi) is 4.45. The van der Waals surface area contributed by atoms with Gasteiger partial charge in [-0.1, -0.05) is 48.6 Å². The number of fused-ring (bicyclic) bond motifs is 1. The first-order chi connectivity index (χ1) is 12.7. The van der Waals surface area contributed by atoms with E-state index in [-0.39, 0.29) is 5.91 Å². The third-order valence-corrected chi connectivity index (χ3v) is 4.84. The molecule has 0 saturated carbocycles. The summed E-state index contributed by atoms with van der Waals surface area (Å²) in [5.74, 6) is -0.212. The fourth-order valence-corrected chi connectivity index (χ4v) is 3.50. The van der Waals surface area contributed by atoms with Gasteiger partial charge in [0.05, 0.1) is 5.69 Å². The molecule has 0 bridgehead atoms. The molecule has 130 valence electrons. The molecule has 26 heavy (non-hydrogen) atoms. The van der Waals surface area contributed by atoms with Crippen molar-refractivity contribution in [1.82, 2.24) is 19.6 Å². The van der Waals surface area contributed by atoms with Crippen molar-refractivity contribution in [2.45, 2.75) is 19.8 Å². The van der Waals surface area contributed by atoms with Crippen LogP contribution >= 0.6 is 11.3 Å². The van der Waals surface area contributed by atoms with Crippen molar-refractivity contribution in [2.24, 2.45) is 0 Å². The molecule has 0 unspecified atom stereocenters. The second kappa shape index (κ2) is 7.05. The topological polar surface area (TPSA) is 72.2 Å². The number of aromatic nitrogens is 4. The van der Waals surface area contributed by atoms with E-state index in [1.165, 1.54) is 11.3 Å². The number of nitrogens with one attached hydrogen (secondary N) is 1. The molecule has 3 heterocycles. The predicted molar refractivity (Wildman–Crippen MR) is 102 cm³/mol. The number of anilines is 1. The highest BCUT2D eigenvalue weighted by atomic mass is 32.1. The maximum Gasteiger partial charge on any atom is 0.257 e. The summed E-state index contributed by atoms with van der Waals surface area (Å²) in [5, 5.41) is 12.4. The van der Waals surface area contributed by atoms with Crippen LogP contribution in [0.3, 0.4) is 0 Å². The average molecular weight is 363 g/mol. The van der Waals surface area contributed by atoms with Crippen molar-refractivity contribution >= 4 is 28.0 Å². The summed E-state index contributed by atoms with van der Waals surface area (Å²) in [5.41, 5.74) is 3.17. The molecule has 0 radical (unpaired) electrons. The van der Waals surface area contributed by atoms with Gasteiger partial charge in [-0.3, -0.25) is 10.1 Å². The highest BCUT2D eigenvalue weighted by molar-refractivity contribution is 7.15. The monoisotopic (exact) mass is 363 g/mol. The second-order valence-corrected chi connectivity index (χ2v) is 6.94. The van der Waals surface area contributed by atoms with E-state index in [9.17, 15) is 4.79 Å². The Morgan fingerprint density at radius 2 is 2.04 bits per heavy atom. The highest BCUT2D eigenvalue weighted by Crippen LogP contribution is 2.20. The lowest BCUT2D eigenvalue weighted by molar-refractivity contribution is 0.102. The van der Waals surface area contributed by atoms with Gasteiger partial charge < -0.3 is 4.40 Å². The molecule has 1 amide bonds. The van der Waals surface area contributed by atoms with Gasteiger partial charge in [-0.25, -0.2) is 4.98 Å². The maximum atomic E-state index is 12.5. The smallest absolute Gasteiger partial charge is 0.257 e. The SMILES string of the molecule is CCCc1nnc(NC(=O)c2ccn3cc(-c4ccccc4)nc3c2)s1. The van der Waals surface area contributed by atoms with E-state index < -0.39 is 0 Å². The van der Waals surface area contributed by atoms with Crippen LogP contribution in [0.4, 0.5) is 5.13 Å². The molecule has 6 nitrogen and oxygen atoms in total. The molecule has 4 rings (SSSR count).